The molecule has 1 aromatic carbocycles. The summed E-state index contributed by atoms with van der Waals surface area (Å²) < 4.78 is 33.0. The highest BCUT2D eigenvalue weighted by Gasteiger charge is 2.27. The van der Waals surface area contributed by atoms with Gasteiger partial charge in [-0.2, -0.15) is 0 Å². The molecule has 0 unspecified atom stereocenters. The summed E-state index contributed by atoms with van der Waals surface area (Å²) in [6.45, 7) is 9.22. The number of hydrogen-bond acceptors (Lipinski definition) is 4. The van der Waals surface area contributed by atoms with E-state index in [2.05, 4.69) is 10.0 Å². The number of ether oxygens (including phenoxy) is 1. The van der Waals surface area contributed by atoms with Gasteiger partial charge in [0.2, 0.25) is 10.0 Å². The summed E-state index contributed by atoms with van der Waals surface area (Å²) in [5, 5.41) is 3.20. The zero-order valence-electron chi connectivity index (χ0n) is 13.5. The molecule has 0 aliphatic carbocycles. The molecule has 0 atom stereocenters. The minimum atomic E-state index is -3.61. The first-order chi connectivity index (χ1) is 9.75. The molecule has 0 radical (unpaired) electrons. The van der Waals surface area contributed by atoms with Crippen LogP contribution >= 0.6 is 0 Å². The van der Waals surface area contributed by atoms with E-state index in [1.165, 1.54) is 7.11 Å². The predicted molar refractivity (Wildman–Crippen MR) is 85.1 cm³/mol. The van der Waals surface area contributed by atoms with E-state index in [4.69, 9.17) is 4.74 Å². The van der Waals surface area contributed by atoms with Crippen molar-refractivity contribution in [2.24, 2.45) is 0 Å². The van der Waals surface area contributed by atoms with Gasteiger partial charge in [-0.25, -0.2) is 13.1 Å². The van der Waals surface area contributed by atoms with Crippen LogP contribution in [0, 0.1) is 0 Å². The zero-order chi connectivity index (χ0) is 16.1. The van der Waals surface area contributed by atoms with Gasteiger partial charge < -0.3 is 10.1 Å². The van der Waals surface area contributed by atoms with Crippen molar-refractivity contribution < 1.29 is 13.2 Å². The van der Waals surface area contributed by atoms with Gasteiger partial charge in [-0.15, -0.1) is 0 Å². The molecule has 0 saturated heterocycles. The van der Waals surface area contributed by atoms with Crippen LogP contribution in [0.3, 0.4) is 0 Å². The van der Waals surface area contributed by atoms with Crippen molar-refractivity contribution in [3.8, 4) is 5.75 Å². The van der Waals surface area contributed by atoms with Gasteiger partial charge in [0.05, 0.1) is 7.11 Å². The highest BCUT2D eigenvalue weighted by molar-refractivity contribution is 7.89. The van der Waals surface area contributed by atoms with Crippen LogP contribution in [0.25, 0.3) is 0 Å². The second-order valence-corrected chi connectivity index (χ2v) is 7.26. The standard InChI is InChI=1S/C15H26N2O3S/c1-6-15(3,4)17-21(18,19)14-9-8-12(11-16-7-2)10-13(14)20-5/h8-10,16-17H,6-7,11H2,1-5H3. The summed E-state index contributed by atoms with van der Waals surface area (Å²) in [6.07, 6.45) is 0.701. The number of rotatable bonds is 8. The van der Waals surface area contributed by atoms with Crippen LogP contribution in [-0.4, -0.2) is 27.6 Å². The van der Waals surface area contributed by atoms with Gasteiger partial charge in [0.1, 0.15) is 10.6 Å². The number of nitrogens with one attached hydrogen (secondary N) is 2. The van der Waals surface area contributed by atoms with E-state index in [1.807, 2.05) is 27.7 Å². The average Bonchev–Trinajstić information content (AvgIpc) is 2.43. The molecule has 0 aliphatic heterocycles. The SMILES string of the molecule is CCNCc1ccc(S(=O)(=O)NC(C)(C)CC)c(OC)c1. The summed E-state index contributed by atoms with van der Waals surface area (Å²) >= 11 is 0. The van der Waals surface area contributed by atoms with Crippen molar-refractivity contribution >= 4 is 10.0 Å². The fraction of sp³-hybridized carbons (Fsp3) is 0.600. The summed E-state index contributed by atoms with van der Waals surface area (Å²) in [5.41, 5.74) is 0.495. The second kappa shape index (κ2) is 7.24. The Kier molecular flexibility index (Phi) is 6.19. The van der Waals surface area contributed by atoms with Crippen LogP contribution in [0.5, 0.6) is 5.75 Å². The highest BCUT2D eigenvalue weighted by atomic mass is 32.2. The Labute approximate surface area is 128 Å². The third-order valence-electron chi connectivity index (χ3n) is 3.39. The Morgan fingerprint density at radius 3 is 2.43 bits per heavy atom. The summed E-state index contributed by atoms with van der Waals surface area (Å²) in [6, 6.07) is 5.16. The van der Waals surface area contributed by atoms with Gasteiger partial charge in [-0.1, -0.05) is 19.9 Å². The van der Waals surface area contributed by atoms with Gasteiger partial charge in [0.15, 0.2) is 0 Å². The molecule has 1 rings (SSSR count). The van der Waals surface area contributed by atoms with Gasteiger partial charge in [-0.3, -0.25) is 0 Å². The molecule has 120 valence electrons. The molecule has 2 N–H and O–H groups in total. The van der Waals surface area contributed by atoms with E-state index >= 15 is 0 Å². The van der Waals surface area contributed by atoms with Crippen LogP contribution in [0.4, 0.5) is 0 Å². The van der Waals surface area contributed by atoms with Gasteiger partial charge >= 0.3 is 0 Å². The third-order valence-corrected chi connectivity index (χ3v) is 5.13. The monoisotopic (exact) mass is 314 g/mol. The fourth-order valence-corrected chi connectivity index (χ4v) is 3.44. The Balaban J connectivity index is 3.12. The van der Waals surface area contributed by atoms with Crippen LogP contribution in [-0.2, 0) is 16.6 Å². The number of benzene rings is 1. The fourth-order valence-electron chi connectivity index (χ4n) is 1.80. The molecule has 0 fully saturated rings. The Morgan fingerprint density at radius 1 is 1.24 bits per heavy atom. The lowest BCUT2D eigenvalue weighted by Gasteiger charge is -2.24. The number of methoxy groups -OCH3 is 1. The Bertz CT molecular complexity index is 568. The van der Waals surface area contributed by atoms with Gasteiger partial charge in [-0.05, 0) is 44.5 Å². The van der Waals surface area contributed by atoms with E-state index < -0.39 is 15.6 Å². The maximum absolute atomic E-state index is 12.5. The molecule has 6 heteroatoms. The first-order valence-electron chi connectivity index (χ1n) is 7.17. The van der Waals surface area contributed by atoms with Crippen LogP contribution in [0.2, 0.25) is 0 Å². The number of hydrogen-bond donors (Lipinski definition) is 2. The molecule has 0 aliphatic rings. The highest BCUT2D eigenvalue weighted by Crippen LogP contribution is 2.26. The van der Waals surface area contributed by atoms with Crippen molar-refractivity contribution in [1.29, 1.82) is 0 Å². The zero-order valence-corrected chi connectivity index (χ0v) is 14.3. The lowest BCUT2D eigenvalue weighted by atomic mass is 10.0. The molecule has 0 saturated carbocycles. The van der Waals surface area contributed by atoms with Crippen molar-refractivity contribution in [2.75, 3.05) is 13.7 Å². The molecule has 0 amide bonds. The number of sulfonamides is 1. The van der Waals surface area contributed by atoms with Gasteiger partial charge in [0, 0.05) is 12.1 Å². The molecular weight excluding hydrogens is 288 g/mol. The molecular formula is C15H26N2O3S. The summed E-state index contributed by atoms with van der Waals surface area (Å²) in [5.74, 6) is 0.366. The smallest absolute Gasteiger partial charge is 0.244 e. The molecule has 1 aromatic rings. The summed E-state index contributed by atoms with van der Waals surface area (Å²) in [7, 11) is -2.12. The molecule has 5 nitrogen and oxygen atoms in total. The second-order valence-electron chi connectivity index (χ2n) is 5.61. The predicted octanol–water partition coefficient (Wildman–Crippen LogP) is 2.27. The molecule has 0 heterocycles. The normalized spacial score (nSPS) is 12.4. The van der Waals surface area contributed by atoms with E-state index in [0.717, 1.165) is 12.1 Å². The molecule has 0 aromatic heterocycles. The van der Waals surface area contributed by atoms with Crippen LogP contribution in [0.15, 0.2) is 23.1 Å². The van der Waals surface area contributed by atoms with Gasteiger partial charge in [0.25, 0.3) is 0 Å². The van der Waals surface area contributed by atoms with Crippen LogP contribution in [0.1, 0.15) is 39.7 Å². The average molecular weight is 314 g/mol. The van der Waals surface area contributed by atoms with E-state index in [-0.39, 0.29) is 4.90 Å². The van der Waals surface area contributed by atoms with E-state index in [1.54, 1.807) is 18.2 Å². The lowest BCUT2D eigenvalue weighted by Crippen LogP contribution is -2.42. The first-order valence-corrected chi connectivity index (χ1v) is 8.65. The van der Waals surface area contributed by atoms with Crippen molar-refractivity contribution in [1.82, 2.24) is 10.0 Å². The van der Waals surface area contributed by atoms with E-state index in [0.29, 0.717) is 18.7 Å². The largest absolute Gasteiger partial charge is 0.495 e. The summed E-state index contributed by atoms with van der Waals surface area (Å²) in [4.78, 5) is 0.173. The minimum absolute atomic E-state index is 0.173. The molecule has 21 heavy (non-hydrogen) atoms. The minimum Gasteiger partial charge on any atom is -0.495 e. The maximum atomic E-state index is 12.5. The lowest BCUT2D eigenvalue weighted by molar-refractivity contribution is 0.398. The van der Waals surface area contributed by atoms with E-state index in [9.17, 15) is 8.42 Å². The van der Waals surface area contributed by atoms with Crippen molar-refractivity contribution in [2.45, 2.75) is 51.1 Å². The molecule has 0 spiro atoms. The van der Waals surface area contributed by atoms with Crippen molar-refractivity contribution in [3.63, 3.8) is 0 Å². The quantitative estimate of drug-likeness (QED) is 0.772. The maximum Gasteiger partial charge on any atom is 0.244 e. The third kappa shape index (κ3) is 4.98. The Hall–Kier alpha value is -1.11. The van der Waals surface area contributed by atoms with Crippen LogP contribution < -0.4 is 14.8 Å². The topological polar surface area (TPSA) is 67.4 Å². The molecule has 0 bridgehead atoms. The Morgan fingerprint density at radius 2 is 1.90 bits per heavy atom. The van der Waals surface area contributed by atoms with Crippen molar-refractivity contribution in [3.05, 3.63) is 23.8 Å². The first kappa shape index (κ1) is 17.9.